The number of aliphatic hydroxyl groups is 1. The highest BCUT2D eigenvalue weighted by Gasteiger charge is 2.63. The lowest BCUT2D eigenvalue weighted by molar-refractivity contribution is -0.218. The summed E-state index contributed by atoms with van der Waals surface area (Å²) < 4.78 is 39.1. The Morgan fingerprint density at radius 3 is 2.42 bits per heavy atom. The predicted octanol–water partition coefficient (Wildman–Crippen LogP) is 2.35. The van der Waals surface area contributed by atoms with Crippen LogP contribution in [0.25, 0.3) is 0 Å². The maximum atomic E-state index is 13.0. The van der Waals surface area contributed by atoms with E-state index < -0.39 is 17.0 Å². The van der Waals surface area contributed by atoms with Crippen molar-refractivity contribution in [3.8, 4) is 0 Å². The monoisotopic (exact) mass is 290 g/mol. The fourth-order valence-electron chi connectivity index (χ4n) is 1.48. The Balaban J connectivity index is 2.49. The quantitative estimate of drug-likeness (QED) is 0.908. The van der Waals surface area contributed by atoms with Crippen molar-refractivity contribution in [3.63, 3.8) is 0 Å². The van der Waals surface area contributed by atoms with Gasteiger partial charge in [-0.15, -0.1) is 0 Å². The number of carbonyl (C=O) groups is 1. The normalized spacial score (nSPS) is 23.4. The van der Waals surface area contributed by atoms with Gasteiger partial charge in [-0.25, -0.2) is 5.01 Å². The van der Waals surface area contributed by atoms with Gasteiger partial charge in [-0.05, 0) is 23.9 Å². The van der Waals surface area contributed by atoms with Crippen molar-refractivity contribution in [3.05, 3.63) is 30.3 Å². The van der Waals surface area contributed by atoms with E-state index in [2.05, 4.69) is 5.10 Å². The van der Waals surface area contributed by atoms with Crippen LogP contribution in [0.3, 0.4) is 0 Å². The van der Waals surface area contributed by atoms with Crippen molar-refractivity contribution >= 4 is 28.3 Å². The molecule has 0 spiro atoms. The molecule has 0 fully saturated rings. The van der Waals surface area contributed by atoms with Gasteiger partial charge in [0.05, 0.1) is 5.69 Å². The third-order valence-electron chi connectivity index (χ3n) is 2.39. The zero-order chi connectivity index (χ0) is 14.3. The number of rotatable bonds is 2. The Morgan fingerprint density at radius 2 is 1.95 bits per heavy atom. The Morgan fingerprint density at radius 1 is 1.37 bits per heavy atom. The highest BCUT2D eigenvalue weighted by atomic mass is 32.2. The van der Waals surface area contributed by atoms with Gasteiger partial charge in [0.2, 0.25) is 0 Å². The zero-order valence-electron chi connectivity index (χ0n) is 9.68. The third kappa shape index (κ3) is 2.33. The zero-order valence-corrected chi connectivity index (χ0v) is 10.5. The van der Waals surface area contributed by atoms with Gasteiger partial charge in [-0.1, -0.05) is 18.2 Å². The summed E-state index contributed by atoms with van der Waals surface area (Å²) in [6.45, 7) is 1.09. The molecule has 1 unspecified atom stereocenters. The highest BCUT2D eigenvalue weighted by Crippen LogP contribution is 2.48. The minimum atomic E-state index is -4.96. The van der Waals surface area contributed by atoms with Gasteiger partial charge < -0.3 is 5.11 Å². The summed E-state index contributed by atoms with van der Waals surface area (Å²) in [5.41, 5.74) is 0.0473. The van der Waals surface area contributed by atoms with Crippen LogP contribution in [0.15, 0.2) is 35.4 Å². The van der Waals surface area contributed by atoms with Crippen molar-refractivity contribution < 1.29 is 23.1 Å². The number of nitrogens with zero attached hydrogens (tertiary/aromatic N) is 2. The number of hydrogen-bond donors (Lipinski definition) is 1. The van der Waals surface area contributed by atoms with E-state index in [0.717, 1.165) is 6.92 Å². The molecular formula is C11H9F3N2O2S. The number of anilines is 1. The maximum Gasteiger partial charge on any atom is 0.449 e. The third-order valence-corrected chi connectivity index (χ3v) is 3.64. The Hall–Kier alpha value is -1.54. The van der Waals surface area contributed by atoms with Crippen LogP contribution in [0.4, 0.5) is 18.9 Å². The molecule has 1 aliphatic heterocycles. The first-order chi connectivity index (χ1) is 8.75. The van der Waals surface area contributed by atoms with Crippen LogP contribution >= 0.6 is 11.8 Å². The van der Waals surface area contributed by atoms with Crippen molar-refractivity contribution in [2.75, 3.05) is 5.01 Å². The van der Waals surface area contributed by atoms with Crippen molar-refractivity contribution in [1.82, 2.24) is 0 Å². The Bertz CT molecular complexity index is 532. The summed E-state index contributed by atoms with van der Waals surface area (Å²) in [6, 6.07) is 7.37. The number of ketones is 1. The minimum absolute atomic E-state index is 0.0121. The van der Waals surface area contributed by atoms with E-state index in [0.29, 0.717) is 5.01 Å². The van der Waals surface area contributed by atoms with Crippen molar-refractivity contribution in [1.29, 1.82) is 0 Å². The van der Waals surface area contributed by atoms with Crippen molar-refractivity contribution in [2.45, 2.75) is 18.2 Å². The second-order valence-corrected chi connectivity index (χ2v) is 4.98. The molecule has 1 aromatic carbocycles. The number of thioether (sulfide) groups is 1. The molecule has 0 saturated heterocycles. The SMILES string of the molecule is CC(=O)C1=NN(c2ccccc2)C(O)(C(F)(F)F)S1. The smallest absolute Gasteiger partial charge is 0.354 e. The number of carbonyl (C=O) groups excluding carboxylic acids is 1. The van der Waals surface area contributed by atoms with E-state index in [9.17, 15) is 23.1 Å². The molecule has 1 aromatic rings. The number of hydrazone groups is 1. The van der Waals surface area contributed by atoms with Gasteiger partial charge >= 0.3 is 11.2 Å². The van der Waals surface area contributed by atoms with Crippen LogP contribution in [-0.4, -0.2) is 27.2 Å². The summed E-state index contributed by atoms with van der Waals surface area (Å²) in [5.74, 6) is -0.633. The first-order valence-corrected chi connectivity index (χ1v) is 6.00. The van der Waals surface area contributed by atoms with Gasteiger partial charge in [0.15, 0.2) is 10.8 Å². The molecule has 1 N–H and O–H groups in total. The number of hydrogen-bond acceptors (Lipinski definition) is 5. The van der Waals surface area contributed by atoms with Crippen LogP contribution in [0.2, 0.25) is 0 Å². The van der Waals surface area contributed by atoms with E-state index in [4.69, 9.17) is 0 Å². The van der Waals surface area contributed by atoms with Crippen LogP contribution in [-0.2, 0) is 4.79 Å². The van der Waals surface area contributed by atoms with Gasteiger partial charge in [-0.2, -0.15) is 18.3 Å². The largest absolute Gasteiger partial charge is 0.449 e. The average molecular weight is 290 g/mol. The lowest BCUT2D eigenvalue weighted by Gasteiger charge is -2.32. The molecule has 2 rings (SSSR count). The molecule has 102 valence electrons. The summed E-state index contributed by atoms with van der Waals surface area (Å²) in [4.78, 5) is 11.2. The van der Waals surface area contributed by atoms with Crippen LogP contribution in [0.1, 0.15) is 6.92 Å². The first-order valence-electron chi connectivity index (χ1n) is 5.18. The molecule has 0 bridgehead atoms. The molecule has 0 aliphatic carbocycles. The highest BCUT2D eigenvalue weighted by molar-refractivity contribution is 8.17. The number of para-hydroxylation sites is 1. The molecule has 0 aromatic heterocycles. The van der Waals surface area contributed by atoms with Gasteiger partial charge in [0.25, 0.3) is 0 Å². The van der Waals surface area contributed by atoms with Crippen LogP contribution < -0.4 is 5.01 Å². The molecule has 19 heavy (non-hydrogen) atoms. The molecule has 8 heteroatoms. The molecule has 1 atom stereocenters. The fourth-order valence-corrected chi connectivity index (χ4v) is 2.36. The predicted molar refractivity (Wildman–Crippen MR) is 65.6 cm³/mol. The second kappa shape index (κ2) is 4.53. The standard InChI is InChI=1S/C11H9F3N2O2S/c1-7(17)9-15-16(8-5-3-2-4-6-8)11(18,19-9)10(12,13)14/h2-6,18H,1H3. The fraction of sp³-hybridized carbons (Fsp3) is 0.273. The molecule has 0 saturated carbocycles. The summed E-state index contributed by atoms with van der Waals surface area (Å²) in [6.07, 6.45) is -4.96. The van der Waals surface area contributed by atoms with Gasteiger partial charge in [0, 0.05) is 6.92 Å². The maximum absolute atomic E-state index is 13.0. The van der Waals surface area contributed by atoms with Gasteiger partial charge in [0.1, 0.15) is 0 Å². The second-order valence-electron chi connectivity index (χ2n) is 3.82. The number of benzene rings is 1. The molecule has 0 amide bonds. The van der Waals surface area contributed by atoms with Crippen LogP contribution in [0, 0.1) is 0 Å². The number of Topliss-reactive ketones (excluding diaryl/α,β-unsaturated/α-hetero) is 1. The van der Waals surface area contributed by atoms with Gasteiger partial charge in [-0.3, -0.25) is 4.79 Å². The van der Waals surface area contributed by atoms with E-state index in [1.54, 1.807) is 6.07 Å². The lowest BCUT2D eigenvalue weighted by atomic mass is 10.3. The number of alkyl halides is 3. The van der Waals surface area contributed by atoms with Crippen molar-refractivity contribution in [2.24, 2.45) is 5.10 Å². The van der Waals surface area contributed by atoms with E-state index in [-0.39, 0.29) is 22.5 Å². The average Bonchev–Trinajstić information content (AvgIpc) is 2.69. The van der Waals surface area contributed by atoms with Crippen LogP contribution in [0.5, 0.6) is 0 Å². The first kappa shape index (κ1) is 13.9. The molecule has 0 radical (unpaired) electrons. The van der Waals surface area contributed by atoms with E-state index in [1.807, 2.05) is 0 Å². The Labute approximate surface area is 110 Å². The lowest BCUT2D eigenvalue weighted by Crippen LogP contribution is -2.52. The summed E-state index contributed by atoms with van der Waals surface area (Å²) >= 11 is -0.0121. The summed E-state index contributed by atoms with van der Waals surface area (Å²) in [7, 11) is 0. The summed E-state index contributed by atoms with van der Waals surface area (Å²) in [5, 5.41) is 10.2. The number of halogens is 3. The molecule has 1 aliphatic rings. The topological polar surface area (TPSA) is 52.9 Å². The molecular weight excluding hydrogens is 281 g/mol. The van der Waals surface area contributed by atoms with E-state index >= 15 is 0 Å². The van der Waals surface area contributed by atoms with E-state index in [1.165, 1.54) is 24.3 Å². The Kier molecular flexibility index (Phi) is 3.31. The molecule has 4 nitrogen and oxygen atoms in total. The molecule has 1 heterocycles. The minimum Gasteiger partial charge on any atom is -0.354 e.